The largest absolute Gasteiger partial charge is 0.444 e. The van der Waals surface area contributed by atoms with Crippen LogP contribution in [-0.4, -0.2) is 33.2 Å². The number of carbonyl (C=O) groups excluding carboxylic acids is 2. The molecule has 3 aromatic rings. The maximum atomic E-state index is 12.8. The number of benzene rings is 1. The third-order valence-electron chi connectivity index (χ3n) is 4.07. The minimum absolute atomic E-state index is 0.331. The second-order valence-corrected chi connectivity index (χ2v) is 8.41. The standard InChI is InChI=1S/C20H24N4O3S/c1-20(2,3)27-19(26)22-15(17(25)23-18-21-9-10-28-18)11-13-12-24(4)16-8-6-5-7-14(13)16/h5-10,12,15H,11H2,1-4H3,(H,22,26)(H,21,23,25)/t15-/m0/s1. The number of rotatable bonds is 5. The lowest BCUT2D eigenvalue weighted by molar-refractivity contribution is -0.118. The average molecular weight is 401 g/mol. The van der Waals surface area contributed by atoms with Crippen LogP contribution in [-0.2, 0) is 23.0 Å². The van der Waals surface area contributed by atoms with Gasteiger partial charge in [-0.05, 0) is 32.4 Å². The second-order valence-electron chi connectivity index (χ2n) is 7.51. The summed E-state index contributed by atoms with van der Waals surface area (Å²) in [6, 6.07) is 7.15. The number of fused-ring (bicyclic) bond motifs is 1. The lowest BCUT2D eigenvalue weighted by Gasteiger charge is -2.23. The van der Waals surface area contributed by atoms with E-state index in [0.29, 0.717) is 11.6 Å². The fourth-order valence-corrected chi connectivity index (χ4v) is 3.48. The fraction of sp³-hybridized carbons (Fsp3) is 0.350. The Morgan fingerprint density at radius 3 is 2.71 bits per heavy atom. The van der Waals surface area contributed by atoms with Crippen molar-refractivity contribution in [2.75, 3.05) is 5.32 Å². The first-order valence-corrected chi connectivity index (χ1v) is 9.84. The lowest BCUT2D eigenvalue weighted by Crippen LogP contribution is -2.47. The van der Waals surface area contributed by atoms with Crippen molar-refractivity contribution in [1.29, 1.82) is 0 Å². The van der Waals surface area contributed by atoms with Gasteiger partial charge in [-0.15, -0.1) is 11.3 Å². The summed E-state index contributed by atoms with van der Waals surface area (Å²) in [7, 11) is 1.96. The van der Waals surface area contributed by atoms with E-state index in [1.54, 1.807) is 32.3 Å². The molecule has 0 bridgehead atoms. The molecule has 0 aliphatic heterocycles. The summed E-state index contributed by atoms with van der Waals surface area (Å²) in [6.45, 7) is 5.34. The number of aryl methyl sites for hydroxylation is 1. The van der Waals surface area contributed by atoms with Crippen LogP contribution >= 0.6 is 11.3 Å². The Labute approximate surface area is 167 Å². The number of anilines is 1. The van der Waals surface area contributed by atoms with Crippen LogP contribution in [0.3, 0.4) is 0 Å². The van der Waals surface area contributed by atoms with Gasteiger partial charge in [0.25, 0.3) is 0 Å². The summed E-state index contributed by atoms with van der Waals surface area (Å²) in [4.78, 5) is 29.2. The van der Waals surface area contributed by atoms with Crippen molar-refractivity contribution in [3.8, 4) is 0 Å². The van der Waals surface area contributed by atoms with Gasteiger partial charge in [0, 0.05) is 42.1 Å². The van der Waals surface area contributed by atoms with E-state index in [1.165, 1.54) is 11.3 Å². The zero-order valence-corrected chi connectivity index (χ0v) is 17.2. The zero-order chi connectivity index (χ0) is 20.3. The maximum absolute atomic E-state index is 12.8. The maximum Gasteiger partial charge on any atom is 0.408 e. The molecule has 0 aliphatic rings. The van der Waals surface area contributed by atoms with E-state index >= 15 is 0 Å². The third-order valence-corrected chi connectivity index (χ3v) is 4.76. The van der Waals surface area contributed by atoms with Gasteiger partial charge in [-0.2, -0.15) is 0 Å². The first-order valence-electron chi connectivity index (χ1n) is 8.96. The van der Waals surface area contributed by atoms with E-state index in [0.717, 1.165) is 16.5 Å². The normalized spacial score (nSPS) is 12.6. The van der Waals surface area contributed by atoms with E-state index in [9.17, 15) is 9.59 Å². The van der Waals surface area contributed by atoms with Crippen molar-refractivity contribution in [3.05, 3.63) is 47.6 Å². The number of para-hydroxylation sites is 1. The summed E-state index contributed by atoms with van der Waals surface area (Å²) in [5, 5.41) is 8.76. The molecule has 0 unspecified atom stereocenters. The van der Waals surface area contributed by atoms with Gasteiger partial charge in [-0.25, -0.2) is 9.78 Å². The molecular formula is C20H24N4O3S. The van der Waals surface area contributed by atoms with E-state index in [-0.39, 0.29) is 5.91 Å². The van der Waals surface area contributed by atoms with E-state index in [1.807, 2.05) is 42.1 Å². The van der Waals surface area contributed by atoms with Gasteiger partial charge in [-0.3, -0.25) is 4.79 Å². The number of nitrogens with one attached hydrogen (secondary N) is 2. The van der Waals surface area contributed by atoms with Crippen molar-refractivity contribution in [1.82, 2.24) is 14.9 Å². The molecule has 3 rings (SSSR count). The van der Waals surface area contributed by atoms with Crippen LogP contribution in [0.4, 0.5) is 9.93 Å². The van der Waals surface area contributed by atoms with Crippen LogP contribution in [0.25, 0.3) is 10.9 Å². The van der Waals surface area contributed by atoms with E-state index in [2.05, 4.69) is 15.6 Å². The number of thiazole rings is 1. The summed E-state index contributed by atoms with van der Waals surface area (Å²) in [5.41, 5.74) is 1.38. The van der Waals surface area contributed by atoms with Crippen LogP contribution < -0.4 is 10.6 Å². The highest BCUT2D eigenvalue weighted by molar-refractivity contribution is 7.13. The van der Waals surface area contributed by atoms with Crippen molar-refractivity contribution in [3.63, 3.8) is 0 Å². The number of hydrogen-bond donors (Lipinski definition) is 2. The molecule has 1 atom stereocenters. The van der Waals surface area contributed by atoms with Gasteiger partial charge in [0.05, 0.1) is 0 Å². The zero-order valence-electron chi connectivity index (χ0n) is 16.4. The molecule has 8 heteroatoms. The lowest BCUT2D eigenvalue weighted by atomic mass is 10.0. The molecule has 148 valence electrons. The molecule has 28 heavy (non-hydrogen) atoms. The van der Waals surface area contributed by atoms with Gasteiger partial charge in [-0.1, -0.05) is 18.2 Å². The minimum atomic E-state index is -0.801. The molecule has 0 fully saturated rings. The molecule has 0 radical (unpaired) electrons. The Balaban J connectivity index is 1.84. The predicted molar refractivity (Wildman–Crippen MR) is 111 cm³/mol. The Bertz CT molecular complexity index is 973. The van der Waals surface area contributed by atoms with Crippen LogP contribution in [0.15, 0.2) is 42.0 Å². The van der Waals surface area contributed by atoms with E-state index in [4.69, 9.17) is 4.74 Å². The predicted octanol–water partition coefficient (Wildman–Crippen LogP) is 3.71. The molecule has 0 saturated heterocycles. The Morgan fingerprint density at radius 1 is 1.29 bits per heavy atom. The van der Waals surface area contributed by atoms with Gasteiger partial charge >= 0.3 is 6.09 Å². The van der Waals surface area contributed by atoms with Gasteiger partial charge < -0.3 is 19.9 Å². The highest BCUT2D eigenvalue weighted by atomic mass is 32.1. The quantitative estimate of drug-likeness (QED) is 0.684. The van der Waals surface area contributed by atoms with E-state index < -0.39 is 17.7 Å². The Hall–Kier alpha value is -2.87. The first-order chi connectivity index (χ1) is 13.2. The number of hydrogen-bond acceptors (Lipinski definition) is 5. The number of carbonyl (C=O) groups is 2. The molecule has 0 aliphatic carbocycles. The Morgan fingerprint density at radius 2 is 2.04 bits per heavy atom. The summed E-state index contributed by atoms with van der Waals surface area (Å²) in [6.07, 6.45) is 3.29. The summed E-state index contributed by atoms with van der Waals surface area (Å²) in [5.74, 6) is -0.339. The van der Waals surface area contributed by atoms with Crippen LogP contribution in [0.2, 0.25) is 0 Å². The van der Waals surface area contributed by atoms with Crippen LogP contribution in [0.5, 0.6) is 0 Å². The summed E-state index contributed by atoms with van der Waals surface area (Å²) >= 11 is 1.32. The second kappa shape index (κ2) is 8.02. The van der Waals surface area contributed by atoms with Crippen LogP contribution in [0, 0.1) is 0 Å². The van der Waals surface area contributed by atoms with Crippen molar-refractivity contribution in [2.45, 2.75) is 38.8 Å². The fourth-order valence-electron chi connectivity index (χ4n) is 2.94. The molecule has 0 saturated carbocycles. The molecule has 0 spiro atoms. The van der Waals surface area contributed by atoms with Crippen molar-refractivity contribution < 1.29 is 14.3 Å². The average Bonchev–Trinajstić information content (AvgIpc) is 3.21. The molecule has 1 aromatic carbocycles. The molecule has 2 amide bonds. The Kier molecular flexibility index (Phi) is 5.69. The number of ether oxygens (including phenoxy) is 1. The highest BCUT2D eigenvalue weighted by Gasteiger charge is 2.26. The number of amides is 2. The topological polar surface area (TPSA) is 85.2 Å². The summed E-state index contributed by atoms with van der Waals surface area (Å²) < 4.78 is 7.34. The molecule has 2 N–H and O–H groups in total. The molecule has 2 aromatic heterocycles. The molecule has 7 nitrogen and oxygen atoms in total. The number of aromatic nitrogens is 2. The highest BCUT2D eigenvalue weighted by Crippen LogP contribution is 2.22. The molecular weight excluding hydrogens is 376 g/mol. The number of nitrogens with zero attached hydrogens (tertiary/aromatic N) is 2. The number of alkyl carbamates (subject to hydrolysis) is 1. The van der Waals surface area contributed by atoms with Gasteiger partial charge in [0.15, 0.2) is 5.13 Å². The van der Waals surface area contributed by atoms with Gasteiger partial charge in [0.1, 0.15) is 11.6 Å². The van der Waals surface area contributed by atoms with Crippen molar-refractivity contribution >= 4 is 39.4 Å². The van der Waals surface area contributed by atoms with Crippen LogP contribution in [0.1, 0.15) is 26.3 Å². The minimum Gasteiger partial charge on any atom is -0.444 e. The molecule has 2 heterocycles. The third kappa shape index (κ3) is 4.89. The van der Waals surface area contributed by atoms with Crippen molar-refractivity contribution in [2.24, 2.45) is 7.05 Å². The SMILES string of the molecule is Cn1cc(C[C@H](NC(=O)OC(C)(C)C)C(=O)Nc2nccs2)c2ccccc21. The van der Waals surface area contributed by atoms with Gasteiger partial charge in [0.2, 0.25) is 5.91 Å². The smallest absolute Gasteiger partial charge is 0.408 e. The first kappa shape index (κ1) is 19.9. The monoisotopic (exact) mass is 400 g/mol.